The third-order valence-corrected chi connectivity index (χ3v) is 10.8. The fraction of sp³-hybridized carbons (Fsp3) is 0.343. The number of benzene rings is 3. The number of nitrogens with one attached hydrogen (secondary N) is 1. The predicted molar refractivity (Wildman–Crippen MR) is 183 cm³/mol. The molecule has 0 bridgehead atoms. The van der Waals surface area contributed by atoms with Crippen LogP contribution in [0.15, 0.2) is 69.9 Å². The molecule has 0 aliphatic carbocycles. The van der Waals surface area contributed by atoms with Crippen LogP contribution >= 0.6 is 27.5 Å². The molecular weight excluding hydrogens is 744 g/mol. The van der Waals surface area contributed by atoms with Crippen LogP contribution in [0.4, 0.5) is 23.2 Å². The van der Waals surface area contributed by atoms with Crippen molar-refractivity contribution in [3.8, 4) is 5.69 Å². The lowest BCUT2D eigenvalue weighted by Gasteiger charge is -2.60. The van der Waals surface area contributed by atoms with E-state index in [2.05, 4.69) is 38.1 Å². The Balaban J connectivity index is 1.24. The molecule has 9 nitrogen and oxygen atoms in total. The molecular formula is C35H32BrClF4N6O3. The zero-order chi connectivity index (χ0) is 35.7. The van der Waals surface area contributed by atoms with E-state index >= 15 is 0 Å². The lowest BCUT2D eigenvalue weighted by atomic mass is 9.73. The summed E-state index contributed by atoms with van der Waals surface area (Å²) in [5.74, 6) is -2.03. The van der Waals surface area contributed by atoms with Crippen LogP contribution < -0.4 is 15.9 Å². The zero-order valence-electron chi connectivity index (χ0n) is 27.0. The van der Waals surface area contributed by atoms with E-state index in [4.69, 9.17) is 11.6 Å². The normalized spacial score (nSPS) is 18.4. The number of carbonyl (C=O) groups is 2. The fourth-order valence-electron chi connectivity index (χ4n) is 7.41. The average Bonchev–Trinajstić information content (AvgIpc) is 3.31. The molecule has 1 aromatic heterocycles. The second-order valence-electron chi connectivity index (χ2n) is 13.4. The monoisotopic (exact) mass is 774 g/mol. The minimum absolute atomic E-state index is 0.0165. The number of carbonyl (C=O) groups excluding carboxylic acids is 2. The van der Waals surface area contributed by atoms with Gasteiger partial charge in [0.2, 0.25) is 0 Å². The summed E-state index contributed by atoms with van der Waals surface area (Å²) in [5, 5.41) is 2.79. The van der Waals surface area contributed by atoms with Crippen molar-refractivity contribution in [2.45, 2.75) is 38.8 Å². The fourth-order valence-corrected chi connectivity index (χ4v) is 8.11. The molecule has 3 aliphatic heterocycles. The molecule has 0 unspecified atom stereocenters. The van der Waals surface area contributed by atoms with Gasteiger partial charge in [0, 0.05) is 77.0 Å². The van der Waals surface area contributed by atoms with Gasteiger partial charge in [-0.2, -0.15) is 13.2 Å². The molecule has 262 valence electrons. The van der Waals surface area contributed by atoms with Crippen molar-refractivity contribution in [1.29, 1.82) is 0 Å². The van der Waals surface area contributed by atoms with Gasteiger partial charge in [0.25, 0.3) is 11.8 Å². The molecule has 2 amide bonds. The summed E-state index contributed by atoms with van der Waals surface area (Å²) in [4.78, 5) is 47.7. The number of anilines is 1. The Labute approximate surface area is 298 Å². The van der Waals surface area contributed by atoms with E-state index < -0.39 is 41.1 Å². The minimum atomic E-state index is -4.70. The molecule has 0 radical (unpaired) electrons. The van der Waals surface area contributed by atoms with Crippen molar-refractivity contribution in [3.63, 3.8) is 0 Å². The molecule has 2 saturated heterocycles. The molecule has 1 atom stereocenters. The molecule has 4 aromatic rings. The third-order valence-electron chi connectivity index (χ3n) is 9.76. The topological polar surface area (TPSA) is 82.8 Å². The predicted octanol–water partition coefficient (Wildman–Crippen LogP) is 5.94. The summed E-state index contributed by atoms with van der Waals surface area (Å²) in [6.45, 7) is 5.08. The first-order valence-electron chi connectivity index (χ1n) is 15.9. The van der Waals surface area contributed by atoms with Crippen LogP contribution in [-0.4, -0.2) is 70.0 Å². The SMILES string of the molecule is C[C@@H]1Cn2c(c(C(=O)NCc3c(F)cccc3Cl)n(-c3ccc(N4CC5(CN(C)C5)C4)cc3)c2=O)CN1C(=O)c1ccc(Br)c(C(F)(F)F)c1. The van der Waals surface area contributed by atoms with E-state index in [-0.39, 0.29) is 51.6 Å². The van der Waals surface area contributed by atoms with E-state index in [1.165, 1.54) is 38.3 Å². The zero-order valence-corrected chi connectivity index (χ0v) is 29.4. The van der Waals surface area contributed by atoms with Crippen molar-refractivity contribution in [2.75, 3.05) is 38.1 Å². The highest BCUT2D eigenvalue weighted by atomic mass is 79.9. The van der Waals surface area contributed by atoms with Crippen LogP contribution in [0.2, 0.25) is 5.02 Å². The van der Waals surface area contributed by atoms with Crippen molar-refractivity contribution in [1.82, 2.24) is 24.3 Å². The van der Waals surface area contributed by atoms with Crippen molar-refractivity contribution in [3.05, 3.63) is 115 Å². The van der Waals surface area contributed by atoms with E-state index in [1.54, 1.807) is 19.1 Å². The Hall–Kier alpha value is -4.14. The first-order valence-corrected chi connectivity index (χ1v) is 17.1. The molecule has 3 aromatic carbocycles. The number of fused-ring (bicyclic) bond motifs is 1. The van der Waals surface area contributed by atoms with Crippen LogP contribution in [0, 0.1) is 11.2 Å². The first kappa shape index (κ1) is 34.3. The summed E-state index contributed by atoms with van der Waals surface area (Å²) in [6.07, 6.45) is -4.70. The quantitative estimate of drug-likeness (QED) is 0.246. The van der Waals surface area contributed by atoms with Gasteiger partial charge < -0.3 is 20.0 Å². The number of nitrogens with zero attached hydrogens (tertiary/aromatic N) is 5. The molecule has 50 heavy (non-hydrogen) atoms. The smallest absolute Gasteiger partial charge is 0.370 e. The van der Waals surface area contributed by atoms with Gasteiger partial charge >= 0.3 is 11.9 Å². The van der Waals surface area contributed by atoms with Gasteiger partial charge in [0.1, 0.15) is 11.5 Å². The Morgan fingerprint density at radius 2 is 1.70 bits per heavy atom. The number of alkyl halides is 3. The van der Waals surface area contributed by atoms with Gasteiger partial charge in [-0.15, -0.1) is 0 Å². The summed E-state index contributed by atoms with van der Waals surface area (Å²) in [7, 11) is 2.09. The molecule has 1 N–H and O–H groups in total. The van der Waals surface area contributed by atoms with Crippen LogP contribution in [-0.2, 0) is 25.8 Å². The van der Waals surface area contributed by atoms with Crippen molar-refractivity contribution >= 4 is 45.0 Å². The summed E-state index contributed by atoms with van der Waals surface area (Å²) < 4.78 is 58.1. The second-order valence-corrected chi connectivity index (χ2v) is 14.7. The summed E-state index contributed by atoms with van der Waals surface area (Å²) in [6, 6.07) is 14.0. The first-order chi connectivity index (χ1) is 23.7. The van der Waals surface area contributed by atoms with Crippen LogP contribution in [0.25, 0.3) is 5.69 Å². The van der Waals surface area contributed by atoms with E-state index in [9.17, 15) is 31.9 Å². The largest absolute Gasteiger partial charge is 0.417 e. The maximum atomic E-state index is 14.6. The highest BCUT2D eigenvalue weighted by Gasteiger charge is 2.50. The van der Waals surface area contributed by atoms with Gasteiger partial charge in [-0.25, -0.2) is 9.18 Å². The lowest BCUT2D eigenvalue weighted by molar-refractivity contribution is -0.138. The van der Waals surface area contributed by atoms with Gasteiger partial charge in [-0.05, 0) is 68.6 Å². The van der Waals surface area contributed by atoms with Crippen LogP contribution in [0.5, 0.6) is 0 Å². The number of likely N-dealkylation sites (tertiary alicyclic amines) is 1. The number of hydrogen-bond donors (Lipinski definition) is 1. The van der Waals surface area contributed by atoms with Gasteiger partial charge in [0.05, 0.1) is 23.5 Å². The Bertz CT molecular complexity index is 2050. The molecule has 7 rings (SSSR count). The molecule has 4 heterocycles. The number of rotatable bonds is 6. The maximum Gasteiger partial charge on any atom is 0.417 e. The Morgan fingerprint density at radius 1 is 1.02 bits per heavy atom. The van der Waals surface area contributed by atoms with E-state index in [1.807, 2.05) is 12.1 Å². The number of hydrogen-bond acceptors (Lipinski definition) is 5. The second kappa shape index (κ2) is 12.6. The van der Waals surface area contributed by atoms with Gasteiger partial charge in [-0.1, -0.05) is 33.6 Å². The maximum absolute atomic E-state index is 14.6. The molecule has 2 fully saturated rings. The highest BCUT2D eigenvalue weighted by molar-refractivity contribution is 9.10. The standard InChI is InChI=1S/C35H32BrClF4N6O3/c1-20-14-46-29(15-45(20)32(49)21-6-11-26(36)25(12-21)35(39,40)41)30(31(48)42-13-24-27(37)4-3-5-28(24)38)47(33(46)50)23-9-7-22(8-10-23)44-18-34(19-44)16-43(2)17-34/h3-12,20H,13-19H2,1-2H3,(H,42,48)/t20-/m1/s1. The summed E-state index contributed by atoms with van der Waals surface area (Å²) >= 11 is 9.11. The van der Waals surface area contributed by atoms with Gasteiger partial charge in [-0.3, -0.25) is 18.7 Å². The van der Waals surface area contributed by atoms with Gasteiger partial charge in [0.15, 0.2) is 0 Å². The summed E-state index contributed by atoms with van der Waals surface area (Å²) in [5.41, 5.74) is 0.138. The molecule has 3 aliphatic rings. The lowest BCUT2D eigenvalue weighted by Crippen LogP contribution is -2.71. The average molecular weight is 776 g/mol. The van der Waals surface area contributed by atoms with E-state index in [0.29, 0.717) is 11.1 Å². The van der Waals surface area contributed by atoms with Crippen LogP contribution in [0.3, 0.4) is 0 Å². The number of aromatic nitrogens is 2. The van der Waals surface area contributed by atoms with Crippen molar-refractivity contribution in [2.24, 2.45) is 5.41 Å². The molecule has 0 saturated carbocycles. The minimum Gasteiger partial charge on any atom is -0.370 e. The number of imidazole rings is 1. The number of amides is 2. The van der Waals surface area contributed by atoms with E-state index in [0.717, 1.165) is 44.0 Å². The Kier molecular flexibility index (Phi) is 8.63. The third kappa shape index (κ3) is 6.00. The number of halogens is 6. The molecule has 15 heteroatoms. The van der Waals surface area contributed by atoms with Crippen molar-refractivity contribution < 1.29 is 27.2 Å². The highest BCUT2D eigenvalue weighted by Crippen LogP contribution is 2.41. The Morgan fingerprint density at radius 3 is 2.34 bits per heavy atom. The molecule has 1 spiro atoms. The van der Waals surface area contributed by atoms with Crippen LogP contribution in [0.1, 0.15) is 44.6 Å².